The lowest BCUT2D eigenvalue weighted by Gasteiger charge is -2.13. The van der Waals surface area contributed by atoms with Crippen LogP contribution in [0.3, 0.4) is 0 Å². The van der Waals surface area contributed by atoms with Crippen LogP contribution in [0.4, 0.5) is 10.2 Å². The van der Waals surface area contributed by atoms with Crippen molar-refractivity contribution in [2.24, 2.45) is 0 Å². The number of hydrogen-bond acceptors (Lipinski definition) is 6. The van der Waals surface area contributed by atoms with E-state index in [-0.39, 0.29) is 11.7 Å². The number of nitrogens with one attached hydrogen (secondary N) is 2. The van der Waals surface area contributed by atoms with Crippen LogP contribution in [-0.2, 0) is 13.1 Å². The third kappa shape index (κ3) is 4.81. The summed E-state index contributed by atoms with van der Waals surface area (Å²) in [5.74, 6) is 0.716. The summed E-state index contributed by atoms with van der Waals surface area (Å²) >= 11 is 0. The maximum Gasteiger partial charge on any atom is 0.255 e. The summed E-state index contributed by atoms with van der Waals surface area (Å²) in [4.78, 5) is 21.9. The zero-order chi connectivity index (χ0) is 24.9. The summed E-state index contributed by atoms with van der Waals surface area (Å²) in [5.41, 5.74) is 2.11. The van der Waals surface area contributed by atoms with Gasteiger partial charge >= 0.3 is 0 Å². The molecule has 5 aromatic rings. The number of carbonyl (C=O) groups is 1. The van der Waals surface area contributed by atoms with Crippen molar-refractivity contribution >= 4 is 33.5 Å². The van der Waals surface area contributed by atoms with Gasteiger partial charge in [0.25, 0.3) is 5.91 Å². The molecule has 36 heavy (non-hydrogen) atoms. The van der Waals surface area contributed by atoms with E-state index in [4.69, 9.17) is 4.74 Å². The second-order valence-electron chi connectivity index (χ2n) is 8.16. The third-order valence-corrected chi connectivity index (χ3v) is 5.83. The molecule has 0 aliphatic heterocycles. The van der Waals surface area contributed by atoms with Crippen molar-refractivity contribution in [2.75, 3.05) is 18.5 Å². The molecule has 0 atom stereocenters. The van der Waals surface area contributed by atoms with Crippen molar-refractivity contribution in [3.8, 4) is 5.75 Å². The normalized spacial score (nSPS) is 11.1. The Balaban J connectivity index is 1.28. The SMILES string of the molecule is CCOc1ccc2ccccc2c1C(=O)NCCn1ncc2c(NCc3ccc(F)cc3)ncnc21. The molecule has 3 aromatic carbocycles. The fourth-order valence-electron chi connectivity index (χ4n) is 4.11. The number of halogens is 1. The van der Waals surface area contributed by atoms with Gasteiger partial charge in [0.2, 0.25) is 0 Å². The van der Waals surface area contributed by atoms with Gasteiger partial charge in [0, 0.05) is 13.1 Å². The third-order valence-electron chi connectivity index (χ3n) is 5.83. The number of hydrogen-bond donors (Lipinski definition) is 2. The van der Waals surface area contributed by atoms with Crippen LogP contribution in [0.1, 0.15) is 22.8 Å². The summed E-state index contributed by atoms with van der Waals surface area (Å²) in [5, 5.41) is 13.3. The molecular weight excluding hydrogens is 459 g/mol. The lowest BCUT2D eigenvalue weighted by atomic mass is 10.0. The molecule has 0 aliphatic rings. The number of anilines is 1. The van der Waals surface area contributed by atoms with E-state index in [0.717, 1.165) is 21.7 Å². The van der Waals surface area contributed by atoms with E-state index in [1.165, 1.54) is 18.5 Å². The Kier molecular flexibility index (Phi) is 6.70. The van der Waals surface area contributed by atoms with E-state index in [1.54, 1.807) is 23.0 Å². The predicted octanol–water partition coefficient (Wildman–Crippen LogP) is 4.56. The molecule has 0 bridgehead atoms. The fraction of sp³-hybridized carbons (Fsp3) is 0.185. The molecule has 0 radical (unpaired) electrons. The number of ether oxygens (including phenoxy) is 1. The van der Waals surface area contributed by atoms with Gasteiger partial charge in [0.05, 0.1) is 30.3 Å². The topological polar surface area (TPSA) is 94.0 Å². The summed E-state index contributed by atoms with van der Waals surface area (Å²) in [7, 11) is 0. The molecule has 2 N–H and O–H groups in total. The molecule has 1 amide bonds. The van der Waals surface area contributed by atoms with Gasteiger partial charge in [-0.05, 0) is 41.5 Å². The van der Waals surface area contributed by atoms with E-state index in [2.05, 4.69) is 25.7 Å². The first-order valence-corrected chi connectivity index (χ1v) is 11.7. The molecule has 8 nitrogen and oxygen atoms in total. The maximum absolute atomic E-state index is 13.2. The van der Waals surface area contributed by atoms with E-state index in [1.807, 2.05) is 43.3 Å². The number of benzene rings is 3. The van der Waals surface area contributed by atoms with Gasteiger partial charge in [-0.2, -0.15) is 5.10 Å². The molecule has 2 aromatic heterocycles. The van der Waals surface area contributed by atoms with E-state index in [0.29, 0.717) is 49.0 Å². The van der Waals surface area contributed by atoms with Gasteiger partial charge in [-0.3, -0.25) is 4.79 Å². The van der Waals surface area contributed by atoms with Crippen LogP contribution in [0, 0.1) is 5.82 Å². The highest BCUT2D eigenvalue weighted by atomic mass is 19.1. The number of rotatable bonds is 9. The number of aromatic nitrogens is 4. The molecule has 2 heterocycles. The summed E-state index contributed by atoms with van der Waals surface area (Å²) in [6.45, 7) is 3.63. The lowest BCUT2D eigenvalue weighted by molar-refractivity contribution is 0.0950. The Hall–Kier alpha value is -4.53. The van der Waals surface area contributed by atoms with Gasteiger partial charge < -0.3 is 15.4 Å². The first-order valence-electron chi connectivity index (χ1n) is 11.7. The standard InChI is InChI=1S/C27H25FN6O2/c1-2-36-23-12-9-19-5-3-4-6-21(19)24(23)27(35)29-13-14-34-26-22(16-33-34)25(31-17-32-26)30-15-18-7-10-20(28)11-8-18/h3-12,16-17H,2,13-15H2,1H3,(H,29,35)(H,30,31,32). The first-order chi connectivity index (χ1) is 17.6. The molecule has 0 unspecified atom stereocenters. The molecular formula is C27H25FN6O2. The Morgan fingerprint density at radius 3 is 2.69 bits per heavy atom. The van der Waals surface area contributed by atoms with Gasteiger partial charge in [0.1, 0.15) is 23.7 Å². The van der Waals surface area contributed by atoms with E-state index in [9.17, 15) is 9.18 Å². The van der Waals surface area contributed by atoms with E-state index < -0.39 is 0 Å². The van der Waals surface area contributed by atoms with Crippen molar-refractivity contribution < 1.29 is 13.9 Å². The number of fused-ring (bicyclic) bond motifs is 2. The Morgan fingerprint density at radius 2 is 1.86 bits per heavy atom. The second-order valence-corrected chi connectivity index (χ2v) is 8.16. The lowest BCUT2D eigenvalue weighted by Crippen LogP contribution is -2.28. The van der Waals surface area contributed by atoms with Crippen molar-refractivity contribution in [3.63, 3.8) is 0 Å². The molecule has 0 aliphatic carbocycles. The smallest absolute Gasteiger partial charge is 0.255 e. The van der Waals surface area contributed by atoms with Gasteiger partial charge in [-0.15, -0.1) is 0 Å². The highest BCUT2D eigenvalue weighted by Gasteiger charge is 2.17. The average Bonchev–Trinajstić information content (AvgIpc) is 3.32. The minimum atomic E-state index is -0.272. The zero-order valence-electron chi connectivity index (χ0n) is 19.7. The minimum Gasteiger partial charge on any atom is -0.493 e. The highest BCUT2D eigenvalue weighted by molar-refractivity contribution is 6.09. The van der Waals surface area contributed by atoms with Crippen LogP contribution >= 0.6 is 0 Å². The maximum atomic E-state index is 13.2. The molecule has 5 rings (SSSR count). The number of carbonyl (C=O) groups excluding carboxylic acids is 1. The first kappa shape index (κ1) is 23.2. The molecule has 0 spiro atoms. The van der Waals surface area contributed by atoms with Crippen LogP contribution in [0.2, 0.25) is 0 Å². The van der Waals surface area contributed by atoms with Crippen LogP contribution in [0.5, 0.6) is 5.75 Å². The fourth-order valence-corrected chi connectivity index (χ4v) is 4.11. The van der Waals surface area contributed by atoms with Crippen molar-refractivity contribution in [3.05, 3.63) is 90.1 Å². The molecule has 0 fully saturated rings. The van der Waals surface area contributed by atoms with Crippen LogP contribution in [-0.4, -0.2) is 38.8 Å². The summed E-state index contributed by atoms with van der Waals surface area (Å²) < 4.78 is 20.6. The van der Waals surface area contributed by atoms with Gasteiger partial charge in [-0.25, -0.2) is 19.0 Å². The summed E-state index contributed by atoms with van der Waals surface area (Å²) in [6.07, 6.45) is 3.17. The largest absolute Gasteiger partial charge is 0.493 e. The quantitative estimate of drug-likeness (QED) is 0.319. The Bertz CT molecular complexity index is 1520. The summed E-state index contributed by atoms with van der Waals surface area (Å²) in [6, 6.07) is 17.8. The van der Waals surface area contributed by atoms with E-state index >= 15 is 0 Å². The van der Waals surface area contributed by atoms with Gasteiger partial charge in [-0.1, -0.05) is 42.5 Å². The Labute approximate surface area is 207 Å². The number of amides is 1. The number of nitrogens with zero attached hydrogens (tertiary/aromatic N) is 4. The van der Waals surface area contributed by atoms with Crippen molar-refractivity contribution in [1.82, 2.24) is 25.1 Å². The van der Waals surface area contributed by atoms with Crippen LogP contribution in [0.25, 0.3) is 21.8 Å². The van der Waals surface area contributed by atoms with Crippen LogP contribution in [0.15, 0.2) is 73.2 Å². The zero-order valence-corrected chi connectivity index (χ0v) is 19.7. The van der Waals surface area contributed by atoms with Crippen molar-refractivity contribution in [2.45, 2.75) is 20.0 Å². The highest BCUT2D eigenvalue weighted by Crippen LogP contribution is 2.28. The average molecular weight is 485 g/mol. The molecule has 0 saturated carbocycles. The molecule has 0 saturated heterocycles. The second kappa shape index (κ2) is 10.4. The molecule has 182 valence electrons. The van der Waals surface area contributed by atoms with Gasteiger partial charge in [0.15, 0.2) is 5.65 Å². The monoisotopic (exact) mass is 484 g/mol. The Morgan fingerprint density at radius 1 is 1.03 bits per heavy atom. The van der Waals surface area contributed by atoms with Crippen LogP contribution < -0.4 is 15.4 Å². The predicted molar refractivity (Wildman–Crippen MR) is 136 cm³/mol. The van der Waals surface area contributed by atoms with Crippen molar-refractivity contribution in [1.29, 1.82) is 0 Å². The minimum absolute atomic E-state index is 0.206. The molecule has 9 heteroatoms.